The molecular formula is C24H26Cl2N6O2. The molecule has 1 saturated heterocycles. The number of aromatic nitrogens is 2. The number of nitrogens with one attached hydrogen (secondary N) is 3. The quantitative estimate of drug-likeness (QED) is 0.421. The van der Waals surface area contributed by atoms with Crippen LogP contribution in [0.1, 0.15) is 24.2 Å². The van der Waals surface area contributed by atoms with Crippen molar-refractivity contribution in [2.75, 3.05) is 41.8 Å². The van der Waals surface area contributed by atoms with E-state index in [4.69, 9.17) is 27.9 Å². The molecule has 1 unspecified atom stereocenters. The summed E-state index contributed by atoms with van der Waals surface area (Å²) in [7, 11) is 0. The lowest BCUT2D eigenvalue weighted by Gasteiger charge is -2.33. The van der Waals surface area contributed by atoms with Gasteiger partial charge in [-0.1, -0.05) is 29.3 Å². The van der Waals surface area contributed by atoms with Crippen LogP contribution in [0.25, 0.3) is 0 Å². The molecular weight excluding hydrogens is 475 g/mol. The van der Waals surface area contributed by atoms with E-state index in [0.717, 1.165) is 25.3 Å². The Labute approximate surface area is 208 Å². The first-order chi connectivity index (χ1) is 16.4. The Kier molecular flexibility index (Phi) is 7.72. The SMILES string of the molecule is CCOc1nc(Nc2ccc(N3CCNC(C)C3)cc2)ncc1C(=O)Nc1c(Cl)cccc1Cl. The highest BCUT2D eigenvalue weighted by Gasteiger charge is 2.19. The number of para-hydroxylation sites is 1. The molecule has 0 radical (unpaired) electrons. The smallest absolute Gasteiger partial charge is 0.262 e. The normalized spacial score (nSPS) is 15.6. The van der Waals surface area contributed by atoms with E-state index in [1.54, 1.807) is 18.2 Å². The molecule has 8 nitrogen and oxygen atoms in total. The highest BCUT2D eigenvalue weighted by atomic mass is 35.5. The molecule has 1 aliphatic heterocycles. The van der Waals surface area contributed by atoms with Crippen LogP contribution in [-0.4, -0.2) is 48.2 Å². The summed E-state index contributed by atoms with van der Waals surface area (Å²) in [5.74, 6) is 0.00558. The van der Waals surface area contributed by atoms with Crippen LogP contribution >= 0.6 is 23.2 Å². The van der Waals surface area contributed by atoms with Gasteiger partial charge in [0.25, 0.3) is 5.91 Å². The third-order valence-corrected chi connectivity index (χ3v) is 5.97. The summed E-state index contributed by atoms with van der Waals surface area (Å²) in [5.41, 5.74) is 2.49. The van der Waals surface area contributed by atoms with Crippen molar-refractivity contribution in [1.82, 2.24) is 15.3 Å². The number of carbonyl (C=O) groups is 1. The second kappa shape index (κ2) is 10.9. The van der Waals surface area contributed by atoms with Crippen molar-refractivity contribution in [3.8, 4) is 5.88 Å². The van der Waals surface area contributed by atoms with Gasteiger partial charge in [-0.2, -0.15) is 4.98 Å². The zero-order valence-corrected chi connectivity index (χ0v) is 20.5. The molecule has 1 aromatic heterocycles. The molecule has 34 heavy (non-hydrogen) atoms. The van der Waals surface area contributed by atoms with Gasteiger partial charge in [-0.15, -0.1) is 0 Å². The Balaban J connectivity index is 1.49. The fourth-order valence-electron chi connectivity index (χ4n) is 3.68. The maximum Gasteiger partial charge on any atom is 0.262 e. The summed E-state index contributed by atoms with van der Waals surface area (Å²) in [6.45, 7) is 7.25. The van der Waals surface area contributed by atoms with E-state index in [1.165, 1.54) is 11.9 Å². The number of halogens is 2. The van der Waals surface area contributed by atoms with E-state index in [-0.39, 0.29) is 11.4 Å². The molecule has 0 aliphatic carbocycles. The van der Waals surface area contributed by atoms with Crippen LogP contribution in [0, 0.1) is 0 Å². The van der Waals surface area contributed by atoms with Crippen LogP contribution in [-0.2, 0) is 0 Å². The standard InChI is InChI=1S/C24H26Cl2N6O2/c1-3-34-23-18(22(33)30-21-19(25)5-4-6-20(21)26)13-28-24(31-23)29-16-7-9-17(10-8-16)32-12-11-27-15(2)14-32/h4-10,13,15,27H,3,11-12,14H2,1-2H3,(H,30,33)(H,28,29,31). The maximum absolute atomic E-state index is 12.9. The van der Waals surface area contributed by atoms with Crippen LogP contribution in [0.5, 0.6) is 5.88 Å². The second-order valence-corrected chi connectivity index (χ2v) is 8.68. The average molecular weight is 501 g/mol. The topological polar surface area (TPSA) is 91.4 Å². The molecule has 1 fully saturated rings. The van der Waals surface area contributed by atoms with Crippen molar-refractivity contribution in [1.29, 1.82) is 0 Å². The number of ether oxygens (including phenoxy) is 1. The van der Waals surface area contributed by atoms with Crippen molar-refractivity contribution < 1.29 is 9.53 Å². The summed E-state index contributed by atoms with van der Waals surface area (Å²) in [5, 5.41) is 9.99. The number of benzene rings is 2. The number of carbonyl (C=O) groups excluding carboxylic acids is 1. The Morgan fingerprint density at radius 3 is 2.62 bits per heavy atom. The van der Waals surface area contributed by atoms with Crippen molar-refractivity contribution in [3.05, 3.63) is 64.3 Å². The van der Waals surface area contributed by atoms with E-state index >= 15 is 0 Å². The van der Waals surface area contributed by atoms with E-state index in [1.807, 2.05) is 19.1 Å². The number of hydrogen-bond donors (Lipinski definition) is 3. The fourth-order valence-corrected chi connectivity index (χ4v) is 4.17. The van der Waals surface area contributed by atoms with Gasteiger partial charge in [0.2, 0.25) is 11.8 Å². The van der Waals surface area contributed by atoms with Crippen LogP contribution in [0.2, 0.25) is 10.0 Å². The second-order valence-electron chi connectivity index (χ2n) is 7.87. The fraction of sp³-hybridized carbons (Fsp3) is 0.292. The molecule has 178 valence electrons. The molecule has 2 heterocycles. The van der Waals surface area contributed by atoms with Gasteiger partial charge < -0.3 is 25.6 Å². The first-order valence-corrected chi connectivity index (χ1v) is 11.8. The van der Waals surface area contributed by atoms with E-state index in [2.05, 4.69) is 49.9 Å². The van der Waals surface area contributed by atoms with Gasteiger partial charge in [-0.05, 0) is 50.2 Å². The number of piperazine rings is 1. The first-order valence-electron chi connectivity index (χ1n) is 11.0. The van der Waals surface area contributed by atoms with E-state index < -0.39 is 5.91 Å². The van der Waals surface area contributed by atoms with Crippen molar-refractivity contribution in [2.45, 2.75) is 19.9 Å². The summed E-state index contributed by atoms with van der Waals surface area (Å²) in [4.78, 5) is 23.9. The minimum Gasteiger partial charge on any atom is -0.477 e. The molecule has 1 atom stereocenters. The van der Waals surface area contributed by atoms with Crippen LogP contribution < -0.4 is 25.6 Å². The lowest BCUT2D eigenvalue weighted by molar-refractivity contribution is 0.102. The first kappa shape index (κ1) is 24.1. The Morgan fingerprint density at radius 2 is 1.94 bits per heavy atom. The Morgan fingerprint density at radius 1 is 1.21 bits per heavy atom. The highest BCUT2D eigenvalue weighted by Crippen LogP contribution is 2.31. The molecule has 2 aromatic carbocycles. The number of amides is 1. The predicted octanol–water partition coefficient (Wildman–Crippen LogP) is 4.98. The van der Waals surface area contributed by atoms with Gasteiger partial charge >= 0.3 is 0 Å². The van der Waals surface area contributed by atoms with Crippen LogP contribution in [0.4, 0.5) is 23.0 Å². The largest absolute Gasteiger partial charge is 0.477 e. The number of hydrogen-bond acceptors (Lipinski definition) is 7. The van der Waals surface area contributed by atoms with Gasteiger partial charge in [0.15, 0.2) is 0 Å². The van der Waals surface area contributed by atoms with E-state index in [0.29, 0.717) is 34.3 Å². The number of rotatable bonds is 7. The molecule has 0 bridgehead atoms. The predicted molar refractivity (Wildman–Crippen MR) is 137 cm³/mol. The molecule has 10 heteroatoms. The molecule has 4 rings (SSSR count). The highest BCUT2D eigenvalue weighted by molar-refractivity contribution is 6.40. The molecule has 3 aromatic rings. The third kappa shape index (κ3) is 5.70. The Hall–Kier alpha value is -3.07. The van der Waals surface area contributed by atoms with Gasteiger partial charge in [0.05, 0.1) is 22.3 Å². The summed E-state index contributed by atoms with van der Waals surface area (Å²) >= 11 is 12.3. The third-order valence-electron chi connectivity index (χ3n) is 5.34. The number of nitrogens with zero attached hydrogens (tertiary/aromatic N) is 3. The summed E-state index contributed by atoms with van der Waals surface area (Å²) in [6.07, 6.45) is 1.41. The number of anilines is 4. The molecule has 0 saturated carbocycles. The van der Waals surface area contributed by atoms with Gasteiger partial charge in [-0.3, -0.25) is 4.79 Å². The summed E-state index contributed by atoms with van der Waals surface area (Å²) in [6, 6.07) is 13.5. The molecule has 1 amide bonds. The lowest BCUT2D eigenvalue weighted by Crippen LogP contribution is -2.49. The van der Waals surface area contributed by atoms with Gasteiger partial charge in [0, 0.05) is 43.2 Å². The monoisotopic (exact) mass is 500 g/mol. The molecule has 0 spiro atoms. The zero-order valence-electron chi connectivity index (χ0n) is 18.9. The Bertz CT molecular complexity index is 1140. The lowest BCUT2D eigenvalue weighted by atomic mass is 10.2. The maximum atomic E-state index is 12.9. The minimum atomic E-state index is -0.473. The molecule has 1 aliphatic rings. The zero-order chi connectivity index (χ0) is 24.1. The van der Waals surface area contributed by atoms with Crippen molar-refractivity contribution in [2.24, 2.45) is 0 Å². The van der Waals surface area contributed by atoms with Crippen molar-refractivity contribution >= 4 is 52.1 Å². The summed E-state index contributed by atoms with van der Waals surface area (Å²) < 4.78 is 5.61. The van der Waals surface area contributed by atoms with Crippen LogP contribution in [0.15, 0.2) is 48.7 Å². The van der Waals surface area contributed by atoms with Gasteiger partial charge in [-0.25, -0.2) is 4.98 Å². The average Bonchev–Trinajstić information content (AvgIpc) is 2.82. The van der Waals surface area contributed by atoms with Crippen molar-refractivity contribution in [3.63, 3.8) is 0 Å². The van der Waals surface area contributed by atoms with Crippen LogP contribution in [0.3, 0.4) is 0 Å². The van der Waals surface area contributed by atoms with Gasteiger partial charge in [0.1, 0.15) is 5.56 Å². The van der Waals surface area contributed by atoms with E-state index in [9.17, 15) is 4.79 Å². The molecule has 3 N–H and O–H groups in total. The minimum absolute atomic E-state index is 0.159.